The molecule has 5 heteroatoms. The third kappa shape index (κ3) is 4.50. The number of nitrogens with zero attached hydrogens (tertiary/aromatic N) is 1. The maximum absolute atomic E-state index is 12.1. The van der Waals surface area contributed by atoms with Crippen LogP contribution in [0.1, 0.15) is 19.3 Å². The van der Waals surface area contributed by atoms with E-state index in [0.717, 1.165) is 36.2 Å². The molecule has 1 N–H and O–H groups in total. The van der Waals surface area contributed by atoms with Crippen LogP contribution in [0.4, 0.5) is 0 Å². The Hall–Kier alpha value is -0.520. The van der Waals surface area contributed by atoms with Crippen LogP contribution in [-0.2, 0) is 4.79 Å². The lowest BCUT2D eigenvalue weighted by Gasteiger charge is -2.31. The highest BCUT2D eigenvalue weighted by atomic mass is 79.9. The number of halogens is 1. The van der Waals surface area contributed by atoms with E-state index in [2.05, 4.69) is 27.3 Å². The summed E-state index contributed by atoms with van der Waals surface area (Å²) in [5.74, 6) is 1.13. The molecular weight excluding hydrogens is 336 g/mol. The Balaban J connectivity index is 1.72. The molecule has 1 aromatic carbocycles. The predicted molar refractivity (Wildman–Crippen MR) is 88.1 cm³/mol. The largest absolute Gasteiger partial charge is 0.343 e. The highest BCUT2D eigenvalue weighted by Crippen LogP contribution is 2.27. The van der Waals surface area contributed by atoms with Crippen LogP contribution in [0.3, 0.4) is 0 Å². The predicted octanol–water partition coefficient (Wildman–Crippen LogP) is 3.14. The number of likely N-dealkylation sites (tertiary alicyclic amines) is 1. The van der Waals surface area contributed by atoms with Gasteiger partial charge in [-0.3, -0.25) is 4.79 Å². The number of hydrogen-bond acceptors (Lipinski definition) is 3. The van der Waals surface area contributed by atoms with Crippen LogP contribution in [0.2, 0.25) is 0 Å². The van der Waals surface area contributed by atoms with Gasteiger partial charge in [0, 0.05) is 40.7 Å². The summed E-state index contributed by atoms with van der Waals surface area (Å²) >= 11 is 5.27. The van der Waals surface area contributed by atoms with Crippen molar-refractivity contribution in [3.05, 3.63) is 28.7 Å². The van der Waals surface area contributed by atoms with E-state index >= 15 is 0 Å². The first-order chi connectivity index (χ1) is 9.70. The summed E-state index contributed by atoms with van der Waals surface area (Å²) < 4.78 is 1.10. The molecule has 0 spiro atoms. The molecule has 0 aliphatic carbocycles. The fourth-order valence-electron chi connectivity index (χ4n) is 2.39. The molecule has 1 aliphatic rings. The monoisotopic (exact) mass is 356 g/mol. The molecule has 2 rings (SSSR count). The molecule has 20 heavy (non-hydrogen) atoms. The molecule has 110 valence electrons. The van der Waals surface area contributed by atoms with E-state index in [1.54, 1.807) is 11.8 Å². The number of hydrogen-bond donors (Lipinski definition) is 1. The molecule has 1 fully saturated rings. The first kappa shape index (κ1) is 15.9. The zero-order chi connectivity index (χ0) is 14.4. The van der Waals surface area contributed by atoms with E-state index in [9.17, 15) is 4.79 Å². The van der Waals surface area contributed by atoms with Gasteiger partial charge in [-0.05, 0) is 48.0 Å². The van der Waals surface area contributed by atoms with Crippen molar-refractivity contribution in [3.8, 4) is 0 Å². The molecule has 1 aliphatic heterocycles. The summed E-state index contributed by atoms with van der Waals surface area (Å²) in [6.45, 7) is 1.79. The Labute approximate surface area is 133 Å². The minimum absolute atomic E-state index is 0.291. The van der Waals surface area contributed by atoms with Crippen molar-refractivity contribution in [1.29, 1.82) is 0 Å². The second kappa shape index (κ2) is 8.05. The van der Waals surface area contributed by atoms with Crippen molar-refractivity contribution < 1.29 is 4.79 Å². The van der Waals surface area contributed by atoms with Crippen molar-refractivity contribution >= 4 is 33.6 Å². The summed E-state index contributed by atoms with van der Waals surface area (Å²) in [6.07, 6.45) is 2.76. The van der Waals surface area contributed by atoms with Gasteiger partial charge < -0.3 is 10.2 Å². The van der Waals surface area contributed by atoms with Gasteiger partial charge in [-0.15, -0.1) is 11.8 Å². The topological polar surface area (TPSA) is 32.3 Å². The van der Waals surface area contributed by atoms with Crippen molar-refractivity contribution in [3.63, 3.8) is 0 Å². The number of benzene rings is 1. The number of nitrogens with one attached hydrogen (secondary N) is 1. The van der Waals surface area contributed by atoms with Gasteiger partial charge in [0.25, 0.3) is 0 Å². The highest BCUT2D eigenvalue weighted by Gasteiger charge is 2.21. The maximum Gasteiger partial charge on any atom is 0.223 e. The second-order valence-corrected chi connectivity index (χ2v) is 6.96. The van der Waals surface area contributed by atoms with Gasteiger partial charge in [-0.1, -0.05) is 12.1 Å². The third-order valence-corrected chi connectivity index (χ3v) is 5.70. The fraction of sp³-hybridized carbons (Fsp3) is 0.533. The molecule has 3 nitrogen and oxygen atoms in total. The molecule has 0 saturated carbocycles. The molecule has 0 bridgehead atoms. The first-order valence-electron chi connectivity index (χ1n) is 7.03. The Morgan fingerprint density at radius 1 is 1.40 bits per heavy atom. The van der Waals surface area contributed by atoms with Crippen molar-refractivity contribution in [2.75, 3.05) is 25.9 Å². The lowest BCUT2D eigenvalue weighted by Crippen LogP contribution is -2.44. The molecule has 1 amide bonds. The standard InChI is InChI=1S/C15H21BrN2OS/c1-17-12-6-9-18(10-7-12)15(19)8-11-20-14-5-3-2-4-13(14)16/h2-5,12,17H,6-11H2,1H3. The summed E-state index contributed by atoms with van der Waals surface area (Å²) in [5.41, 5.74) is 0. The number of thioether (sulfide) groups is 1. The van der Waals surface area contributed by atoms with Crippen LogP contribution in [-0.4, -0.2) is 42.7 Å². The smallest absolute Gasteiger partial charge is 0.223 e. The normalized spacial score (nSPS) is 16.4. The quantitative estimate of drug-likeness (QED) is 0.822. The molecule has 1 aromatic rings. The average molecular weight is 357 g/mol. The summed E-state index contributed by atoms with van der Waals surface area (Å²) in [5, 5.41) is 3.29. The Bertz CT molecular complexity index is 447. The molecule has 0 unspecified atom stereocenters. The molecular formula is C15H21BrN2OS. The lowest BCUT2D eigenvalue weighted by molar-refractivity contribution is -0.131. The van der Waals surface area contributed by atoms with Crippen molar-refractivity contribution in [2.24, 2.45) is 0 Å². The Morgan fingerprint density at radius 2 is 2.10 bits per heavy atom. The molecule has 0 aromatic heterocycles. The van der Waals surface area contributed by atoms with Gasteiger partial charge in [0.2, 0.25) is 5.91 Å². The number of amides is 1. The minimum atomic E-state index is 0.291. The summed E-state index contributed by atoms with van der Waals surface area (Å²) in [6, 6.07) is 8.72. The van der Waals surface area contributed by atoms with E-state index in [4.69, 9.17) is 0 Å². The van der Waals surface area contributed by atoms with Crippen LogP contribution in [0.5, 0.6) is 0 Å². The fourth-order valence-corrected chi connectivity index (χ4v) is 3.89. The van der Waals surface area contributed by atoms with E-state index < -0.39 is 0 Å². The second-order valence-electron chi connectivity index (χ2n) is 4.97. The van der Waals surface area contributed by atoms with Crippen molar-refractivity contribution in [1.82, 2.24) is 10.2 Å². The number of rotatable bonds is 5. The molecule has 0 atom stereocenters. The zero-order valence-corrected chi connectivity index (χ0v) is 14.2. The Kier molecular flexibility index (Phi) is 6.39. The van der Waals surface area contributed by atoms with Gasteiger partial charge in [-0.2, -0.15) is 0 Å². The number of carbonyl (C=O) groups is 1. The van der Waals surface area contributed by atoms with Gasteiger partial charge in [0.1, 0.15) is 0 Å². The van der Waals surface area contributed by atoms with Crippen molar-refractivity contribution in [2.45, 2.75) is 30.2 Å². The maximum atomic E-state index is 12.1. The van der Waals surface area contributed by atoms with Gasteiger partial charge in [0.05, 0.1) is 0 Å². The highest BCUT2D eigenvalue weighted by molar-refractivity contribution is 9.10. The minimum Gasteiger partial charge on any atom is -0.343 e. The van der Waals surface area contributed by atoms with Crippen LogP contribution >= 0.6 is 27.7 Å². The molecule has 0 radical (unpaired) electrons. The zero-order valence-electron chi connectivity index (χ0n) is 11.8. The lowest BCUT2D eigenvalue weighted by atomic mass is 10.1. The van der Waals surface area contributed by atoms with E-state index in [1.807, 2.05) is 30.1 Å². The number of carbonyl (C=O) groups excluding carboxylic acids is 1. The molecule has 1 heterocycles. The molecule has 1 saturated heterocycles. The first-order valence-corrected chi connectivity index (χ1v) is 8.81. The summed E-state index contributed by atoms with van der Waals surface area (Å²) in [7, 11) is 2.00. The van der Waals surface area contributed by atoms with Crippen LogP contribution in [0, 0.1) is 0 Å². The van der Waals surface area contributed by atoms with Crippen LogP contribution in [0.15, 0.2) is 33.6 Å². The van der Waals surface area contributed by atoms with E-state index in [1.165, 1.54) is 4.90 Å². The van der Waals surface area contributed by atoms with Crippen LogP contribution < -0.4 is 5.32 Å². The van der Waals surface area contributed by atoms with Crippen LogP contribution in [0.25, 0.3) is 0 Å². The third-order valence-electron chi connectivity index (χ3n) is 3.67. The van der Waals surface area contributed by atoms with Gasteiger partial charge >= 0.3 is 0 Å². The number of piperidine rings is 1. The SMILES string of the molecule is CNC1CCN(C(=O)CCSc2ccccc2Br)CC1. The van der Waals surface area contributed by atoms with E-state index in [-0.39, 0.29) is 0 Å². The Morgan fingerprint density at radius 3 is 2.75 bits per heavy atom. The summed E-state index contributed by atoms with van der Waals surface area (Å²) in [4.78, 5) is 15.4. The van der Waals surface area contributed by atoms with Gasteiger partial charge in [-0.25, -0.2) is 0 Å². The van der Waals surface area contributed by atoms with Gasteiger partial charge in [0.15, 0.2) is 0 Å². The van der Waals surface area contributed by atoms with E-state index in [0.29, 0.717) is 18.4 Å². The average Bonchev–Trinajstić information content (AvgIpc) is 2.49.